The second-order valence-corrected chi connectivity index (χ2v) is 7.81. The van der Waals surface area contributed by atoms with Crippen LogP contribution < -0.4 is 0 Å². The number of likely N-dealkylation sites (tertiary alicyclic amines) is 1. The number of benzene rings is 1. The highest BCUT2D eigenvalue weighted by atomic mass is 35.5. The molecule has 2 atom stereocenters. The van der Waals surface area contributed by atoms with Gasteiger partial charge in [0.05, 0.1) is 6.17 Å². The average Bonchev–Trinajstić information content (AvgIpc) is 2.85. The predicted molar refractivity (Wildman–Crippen MR) is 103 cm³/mol. The van der Waals surface area contributed by atoms with E-state index in [-0.39, 0.29) is 30.0 Å². The molecule has 1 aromatic carbocycles. The Morgan fingerprint density at radius 3 is 2.63 bits per heavy atom. The number of piperidine rings is 1. The molecule has 148 valence electrons. The molecule has 2 heterocycles. The Morgan fingerprint density at radius 1 is 1.33 bits per heavy atom. The van der Waals surface area contributed by atoms with Crippen molar-refractivity contribution in [3.63, 3.8) is 0 Å². The van der Waals surface area contributed by atoms with Crippen molar-refractivity contribution in [1.82, 2.24) is 14.5 Å². The lowest BCUT2D eigenvalue weighted by Gasteiger charge is -2.46. The molecule has 0 radical (unpaired) electrons. The van der Waals surface area contributed by atoms with Gasteiger partial charge in [0.25, 0.3) is 0 Å². The minimum Gasteiger partial charge on any atom is -0.365 e. The summed E-state index contributed by atoms with van der Waals surface area (Å²) < 4.78 is 16.4. The van der Waals surface area contributed by atoms with Crippen molar-refractivity contribution in [2.24, 2.45) is 0 Å². The first-order chi connectivity index (χ1) is 12.7. The summed E-state index contributed by atoms with van der Waals surface area (Å²) >= 11 is 12.5. The molecule has 2 N–H and O–H groups in total. The first-order valence-electron chi connectivity index (χ1n) is 9.10. The second-order valence-electron chi connectivity index (χ2n) is 7.09. The largest absolute Gasteiger partial charge is 0.365 e. The molecule has 1 saturated heterocycles. The van der Waals surface area contributed by atoms with E-state index in [1.165, 1.54) is 6.07 Å². The molecule has 2 aromatic rings. The van der Waals surface area contributed by atoms with Crippen LogP contribution in [0.5, 0.6) is 0 Å². The number of hydrogen-bond donors (Lipinski definition) is 2. The number of aliphatic hydroxyl groups is 2. The third-order valence-electron chi connectivity index (χ3n) is 5.17. The third-order valence-corrected chi connectivity index (χ3v) is 5.89. The molecular weight excluding hydrogens is 392 g/mol. The normalized spacial score (nSPS) is 21.4. The Bertz CT molecular complexity index is 812. The fraction of sp³-hybridized carbons (Fsp3) is 0.526. The van der Waals surface area contributed by atoms with Gasteiger partial charge in [0, 0.05) is 31.0 Å². The minimum absolute atomic E-state index is 0.00719. The molecule has 0 aliphatic carbocycles. The minimum atomic E-state index is -1.84. The van der Waals surface area contributed by atoms with Crippen molar-refractivity contribution in [1.29, 1.82) is 0 Å². The maximum Gasteiger partial charge on any atom is 0.166 e. The van der Waals surface area contributed by atoms with Crippen molar-refractivity contribution in [3.05, 3.63) is 51.8 Å². The highest BCUT2D eigenvalue weighted by Crippen LogP contribution is 2.42. The first kappa shape index (κ1) is 20.6. The molecule has 1 aliphatic rings. The lowest BCUT2D eigenvalue weighted by atomic mass is 9.89. The van der Waals surface area contributed by atoms with Gasteiger partial charge < -0.3 is 14.8 Å². The number of halogens is 3. The van der Waals surface area contributed by atoms with Crippen molar-refractivity contribution < 1.29 is 14.6 Å². The zero-order chi connectivity index (χ0) is 19.8. The molecule has 27 heavy (non-hydrogen) atoms. The molecule has 8 heteroatoms. The fourth-order valence-electron chi connectivity index (χ4n) is 3.92. The lowest BCUT2D eigenvalue weighted by Crippen LogP contribution is -2.49. The zero-order valence-electron chi connectivity index (χ0n) is 15.4. The Balaban J connectivity index is 2.07. The van der Waals surface area contributed by atoms with Crippen LogP contribution in [0.4, 0.5) is 4.39 Å². The number of aryl methyl sites for hydroxylation is 1. The maximum atomic E-state index is 14.6. The lowest BCUT2D eigenvalue weighted by molar-refractivity contribution is -0.208. The van der Waals surface area contributed by atoms with Crippen LogP contribution in [0.1, 0.15) is 56.2 Å². The Labute approximate surface area is 168 Å². The SMILES string of the molecule is CCCC(N1CCC(O)(O)CC1c1ccccc1F)n1c(C)nc(Cl)c1Cl. The number of rotatable bonds is 5. The Morgan fingerprint density at radius 2 is 2.04 bits per heavy atom. The summed E-state index contributed by atoms with van der Waals surface area (Å²) in [6.07, 6.45) is 1.55. The summed E-state index contributed by atoms with van der Waals surface area (Å²) in [5.41, 5.74) is 0.436. The molecule has 2 unspecified atom stereocenters. The van der Waals surface area contributed by atoms with E-state index in [9.17, 15) is 14.6 Å². The van der Waals surface area contributed by atoms with Gasteiger partial charge in [0.2, 0.25) is 0 Å². The predicted octanol–water partition coefficient (Wildman–Crippen LogP) is 4.45. The van der Waals surface area contributed by atoms with Crippen molar-refractivity contribution >= 4 is 23.2 Å². The summed E-state index contributed by atoms with van der Waals surface area (Å²) in [5.74, 6) is -1.54. The smallest absolute Gasteiger partial charge is 0.166 e. The van der Waals surface area contributed by atoms with Crippen LogP contribution in [0.2, 0.25) is 10.3 Å². The standard InChI is InChI=1S/C19H24Cl2FN3O2/c1-3-6-16(25-12(2)23-17(20)18(25)21)24-10-9-19(26,27)11-15(24)13-7-4-5-8-14(13)22/h4-5,7-8,15-16,26-27H,3,6,9-11H2,1-2H3. The van der Waals surface area contributed by atoms with Gasteiger partial charge in [-0.25, -0.2) is 9.37 Å². The van der Waals surface area contributed by atoms with E-state index in [4.69, 9.17) is 23.2 Å². The fourth-order valence-corrected chi connectivity index (χ4v) is 4.41. The Kier molecular flexibility index (Phi) is 6.13. The van der Waals surface area contributed by atoms with Crippen molar-refractivity contribution in [3.8, 4) is 0 Å². The molecule has 5 nitrogen and oxygen atoms in total. The van der Waals surface area contributed by atoms with Crippen LogP contribution in [-0.4, -0.2) is 37.0 Å². The summed E-state index contributed by atoms with van der Waals surface area (Å²) in [6, 6.07) is 5.94. The molecule has 3 rings (SSSR count). The molecule has 0 bridgehead atoms. The van der Waals surface area contributed by atoms with Gasteiger partial charge in [-0.15, -0.1) is 0 Å². The molecule has 0 spiro atoms. The van der Waals surface area contributed by atoms with Crippen LogP contribution in [0, 0.1) is 12.7 Å². The van der Waals surface area contributed by atoms with E-state index in [2.05, 4.69) is 16.8 Å². The molecule has 1 aliphatic heterocycles. The maximum absolute atomic E-state index is 14.6. The molecule has 1 fully saturated rings. The number of aromatic nitrogens is 2. The Hall–Kier alpha value is -1.18. The number of imidazole rings is 1. The summed E-state index contributed by atoms with van der Waals surface area (Å²) in [6.45, 7) is 4.26. The van der Waals surface area contributed by atoms with E-state index in [1.54, 1.807) is 18.2 Å². The highest BCUT2D eigenvalue weighted by Gasteiger charge is 2.42. The summed E-state index contributed by atoms with van der Waals surface area (Å²) in [4.78, 5) is 6.32. The van der Waals surface area contributed by atoms with Gasteiger partial charge in [-0.3, -0.25) is 4.90 Å². The van der Waals surface area contributed by atoms with Crippen molar-refractivity contribution in [2.75, 3.05) is 6.54 Å². The first-order valence-corrected chi connectivity index (χ1v) is 9.85. The van der Waals surface area contributed by atoms with Gasteiger partial charge in [-0.05, 0) is 19.4 Å². The van der Waals surface area contributed by atoms with E-state index >= 15 is 0 Å². The summed E-state index contributed by atoms with van der Waals surface area (Å²) in [5, 5.41) is 21.1. The van der Waals surface area contributed by atoms with Gasteiger partial charge in [0.1, 0.15) is 16.8 Å². The van der Waals surface area contributed by atoms with E-state index < -0.39 is 11.8 Å². The number of nitrogens with zero attached hydrogens (tertiary/aromatic N) is 3. The topological polar surface area (TPSA) is 61.5 Å². The van der Waals surface area contributed by atoms with Crippen LogP contribution in [-0.2, 0) is 0 Å². The molecule has 0 saturated carbocycles. The van der Waals surface area contributed by atoms with Crippen LogP contribution in [0.25, 0.3) is 0 Å². The van der Waals surface area contributed by atoms with E-state index in [0.29, 0.717) is 23.1 Å². The molecule has 0 amide bonds. The van der Waals surface area contributed by atoms with E-state index in [1.807, 2.05) is 11.5 Å². The van der Waals surface area contributed by atoms with Gasteiger partial charge in [-0.2, -0.15) is 0 Å². The summed E-state index contributed by atoms with van der Waals surface area (Å²) in [7, 11) is 0. The third kappa shape index (κ3) is 4.15. The average molecular weight is 416 g/mol. The zero-order valence-corrected chi connectivity index (χ0v) is 16.9. The van der Waals surface area contributed by atoms with Crippen LogP contribution >= 0.6 is 23.2 Å². The van der Waals surface area contributed by atoms with Gasteiger partial charge in [0.15, 0.2) is 10.9 Å². The highest BCUT2D eigenvalue weighted by molar-refractivity contribution is 6.40. The van der Waals surface area contributed by atoms with Gasteiger partial charge in [-0.1, -0.05) is 54.7 Å². The molecule has 1 aromatic heterocycles. The van der Waals surface area contributed by atoms with Crippen molar-refractivity contribution in [2.45, 2.75) is 57.5 Å². The second kappa shape index (κ2) is 8.05. The quantitative estimate of drug-likeness (QED) is 0.707. The molecular formula is C19H24Cl2FN3O2. The van der Waals surface area contributed by atoms with Gasteiger partial charge >= 0.3 is 0 Å². The number of hydrogen-bond acceptors (Lipinski definition) is 4. The van der Waals surface area contributed by atoms with E-state index in [0.717, 1.165) is 12.8 Å². The van der Waals surface area contributed by atoms with Crippen LogP contribution in [0.15, 0.2) is 24.3 Å². The monoisotopic (exact) mass is 415 g/mol. The van der Waals surface area contributed by atoms with Crippen LogP contribution in [0.3, 0.4) is 0 Å².